The summed E-state index contributed by atoms with van der Waals surface area (Å²) in [5.41, 5.74) is 21.6. The third-order valence-corrected chi connectivity index (χ3v) is 15.0. The average molecular weight is 981 g/mol. The van der Waals surface area contributed by atoms with Crippen molar-refractivity contribution in [2.75, 3.05) is 0 Å². The number of hydrogen-bond donors (Lipinski definition) is 3. The maximum Gasteiger partial charge on any atom is 0.108 e. The molecule has 0 saturated carbocycles. The van der Waals surface area contributed by atoms with Crippen molar-refractivity contribution in [1.82, 2.24) is 19.9 Å². The first-order chi connectivity index (χ1) is 34.3. The number of aromatic amines is 2. The van der Waals surface area contributed by atoms with Crippen molar-refractivity contribution < 1.29 is 5.11 Å². The number of benzene rings is 4. The Labute approximate surface area is 442 Å². The molecule has 5 heterocycles. The first kappa shape index (κ1) is 52.3. The summed E-state index contributed by atoms with van der Waals surface area (Å²) in [4.78, 5) is 19.3. The fourth-order valence-electron chi connectivity index (χ4n) is 10.1. The second kappa shape index (κ2) is 18.4. The second-order valence-electron chi connectivity index (χ2n) is 27.3. The van der Waals surface area contributed by atoms with Crippen LogP contribution in [0.3, 0.4) is 0 Å². The number of fused-ring (bicyclic) bond motifs is 8. The van der Waals surface area contributed by atoms with Gasteiger partial charge in [0.15, 0.2) is 0 Å². The molecule has 5 nitrogen and oxygen atoms in total. The normalized spacial score (nSPS) is 14.0. The number of aliphatic hydroxyl groups is 1. The number of rotatable bonds is 5. The number of aliphatic hydroxyl groups excluding tert-OH is 1. The molecule has 0 radical (unpaired) electrons. The number of aromatic nitrogens is 4. The van der Waals surface area contributed by atoms with Crippen molar-refractivity contribution >= 4 is 46.4 Å². The summed E-state index contributed by atoms with van der Waals surface area (Å²) in [6.07, 6.45) is 7.64. The van der Waals surface area contributed by atoms with Crippen LogP contribution in [0.1, 0.15) is 198 Å². The lowest BCUT2D eigenvalue weighted by molar-refractivity contribution is 0.221. The molecular formula is C69H80N4O. The van der Waals surface area contributed by atoms with Crippen molar-refractivity contribution in [3.63, 3.8) is 0 Å². The predicted octanol–water partition coefficient (Wildman–Crippen LogP) is 18.5. The van der Waals surface area contributed by atoms with E-state index in [0.29, 0.717) is 11.3 Å². The molecule has 9 rings (SSSR count). The number of nitrogens with one attached hydrogen (secondary N) is 2. The van der Waals surface area contributed by atoms with Crippen molar-refractivity contribution in [2.24, 2.45) is 0 Å². The van der Waals surface area contributed by atoms with Gasteiger partial charge in [0, 0.05) is 44.3 Å². The van der Waals surface area contributed by atoms with Gasteiger partial charge in [-0.2, -0.15) is 0 Å². The van der Waals surface area contributed by atoms with Gasteiger partial charge < -0.3 is 15.1 Å². The summed E-state index contributed by atoms with van der Waals surface area (Å²) in [5, 5.41) is 12.7. The van der Waals surface area contributed by atoms with Crippen LogP contribution >= 0.6 is 0 Å². The van der Waals surface area contributed by atoms with E-state index in [0.717, 1.165) is 78.1 Å². The molecular weight excluding hydrogens is 901 g/mol. The minimum Gasteiger partial charge on any atom is -0.383 e. The maximum absolute atomic E-state index is 12.7. The van der Waals surface area contributed by atoms with Crippen molar-refractivity contribution in [1.29, 1.82) is 0 Å². The van der Waals surface area contributed by atoms with E-state index < -0.39 is 6.10 Å². The lowest BCUT2D eigenvalue weighted by Gasteiger charge is -2.26. The predicted molar refractivity (Wildman–Crippen MR) is 318 cm³/mol. The first-order valence-electron chi connectivity index (χ1n) is 26.7. The summed E-state index contributed by atoms with van der Waals surface area (Å²) < 4.78 is 0. The zero-order valence-electron chi connectivity index (χ0n) is 47.6. The molecule has 1 unspecified atom stereocenters. The van der Waals surface area contributed by atoms with E-state index in [-0.39, 0.29) is 32.5 Å². The molecule has 0 spiro atoms. The molecule has 0 fully saturated rings. The summed E-state index contributed by atoms with van der Waals surface area (Å²) in [6.45, 7) is 41.3. The molecule has 1 atom stereocenters. The van der Waals surface area contributed by atoms with Crippen molar-refractivity contribution in [2.45, 2.75) is 163 Å². The quantitative estimate of drug-likeness (QED) is 0.161. The van der Waals surface area contributed by atoms with Gasteiger partial charge in [0.2, 0.25) is 0 Å². The lowest BCUT2D eigenvalue weighted by Crippen LogP contribution is -2.16. The molecule has 3 N–H and O–H groups in total. The SMILES string of the molecule is CC(C)(C)c1cc(-c2c3nc(c(-c4cc(C(C)(C)C)cc(C(C)(C)C)c4)c4ccc([nH]4)c(C(O)c4ccccc4)c4nc(c(-c5cc(C(C)(C)C)cc(C(C)(C)C)c5)c5ccc2[nH]5)C=C4)C=C3)cc(C(C)(C)C)c1. The fourth-order valence-corrected chi connectivity index (χ4v) is 10.1. The third kappa shape index (κ3) is 10.4. The van der Waals surface area contributed by atoms with Gasteiger partial charge in [-0.05, 0) is 137 Å². The number of H-pyrrole nitrogens is 2. The molecule has 7 aromatic rings. The van der Waals surface area contributed by atoms with Gasteiger partial charge in [-0.1, -0.05) is 210 Å². The molecule has 74 heavy (non-hydrogen) atoms. The van der Waals surface area contributed by atoms with E-state index in [2.05, 4.69) is 238 Å². The molecule has 3 aromatic heterocycles. The summed E-state index contributed by atoms with van der Waals surface area (Å²) in [6, 6.07) is 40.0. The molecule has 2 aliphatic heterocycles. The highest BCUT2D eigenvalue weighted by Gasteiger charge is 2.28. The summed E-state index contributed by atoms with van der Waals surface area (Å²) >= 11 is 0. The lowest BCUT2D eigenvalue weighted by atomic mass is 9.78. The van der Waals surface area contributed by atoms with Crippen molar-refractivity contribution in [3.8, 4) is 33.4 Å². The van der Waals surface area contributed by atoms with Crippen LogP contribution in [0, 0.1) is 0 Å². The van der Waals surface area contributed by atoms with E-state index in [1.807, 2.05) is 30.3 Å². The van der Waals surface area contributed by atoms with Gasteiger partial charge in [-0.25, -0.2) is 9.97 Å². The molecule has 4 aromatic carbocycles. The van der Waals surface area contributed by atoms with Crippen LogP contribution in [0.5, 0.6) is 0 Å². The first-order valence-corrected chi connectivity index (χ1v) is 26.7. The Morgan fingerprint density at radius 1 is 0.338 bits per heavy atom. The van der Waals surface area contributed by atoms with E-state index >= 15 is 0 Å². The van der Waals surface area contributed by atoms with Gasteiger partial charge >= 0.3 is 0 Å². The Kier molecular flexibility index (Phi) is 13.0. The van der Waals surface area contributed by atoms with E-state index in [1.165, 1.54) is 33.4 Å². The van der Waals surface area contributed by atoms with Gasteiger partial charge in [0.1, 0.15) is 6.10 Å². The van der Waals surface area contributed by atoms with E-state index in [1.54, 1.807) is 0 Å². The Bertz CT molecular complexity index is 3380. The fraction of sp³-hybridized carbons (Fsp3) is 0.362. The zero-order chi connectivity index (χ0) is 53.7. The standard InChI is InChI=1S/C69H80N4O/c1-64(2,3)45-32-42(33-46(38-45)65(4,5)6)59-51-24-26-53(70-51)60(43-34-47(66(7,8)9)39-48(35-43)67(10,11)12)55-28-30-57(72-55)62(63(74)41-22-20-19-21-23-41)58-31-29-56(73-58)61(54-27-25-52(59)71-54)44-36-49(68(13,14)15)40-50(37-44)69(16,17)18/h19-40,63,70,73-74H,1-18H3. The van der Waals surface area contributed by atoms with Crippen LogP contribution in [0.2, 0.25) is 0 Å². The van der Waals surface area contributed by atoms with Crippen LogP contribution in [-0.4, -0.2) is 25.0 Å². The van der Waals surface area contributed by atoms with Crippen LogP contribution < -0.4 is 0 Å². The molecule has 5 heteroatoms. The smallest absolute Gasteiger partial charge is 0.108 e. The Balaban J connectivity index is 1.52. The minimum atomic E-state index is -0.982. The summed E-state index contributed by atoms with van der Waals surface area (Å²) in [5.74, 6) is 0. The Hall–Kier alpha value is -6.56. The number of hydrogen-bond acceptors (Lipinski definition) is 3. The molecule has 8 bridgehead atoms. The third-order valence-electron chi connectivity index (χ3n) is 15.0. The molecule has 2 aliphatic rings. The average Bonchev–Trinajstić information content (AvgIpc) is 4.16. The minimum absolute atomic E-state index is 0.107. The number of nitrogens with zero attached hydrogens (tertiary/aromatic N) is 2. The zero-order valence-corrected chi connectivity index (χ0v) is 47.6. The monoisotopic (exact) mass is 981 g/mol. The van der Waals surface area contributed by atoms with Crippen LogP contribution in [0.4, 0.5) is 0 Å². The highest BCUT2D eigenvalue weighted by molar-refractivity contribution is 5.98. The van der Waals surface area contributed by atoms with Crippen molar-refractivity contribution in [3.05, 3.63) is 176 Å². The van der Waals surface area contributed by atoms with Gasteiger partial charge in [0.25, 0.3) is 0 Å². The largest absolute Gasteiger partial charge is 0.383 e. The molecule has 0 amide bonds. The summed E-state index contributed by atoms with van der Waals surface area (Å²) in [7, 11) is 0. The molecule has 0 saturated heterocycles. The van der Waals surface area contributed by atoms with Crippen LogP contribution in [0.25, 0.3) is 79.8 Å². The van der Waals surface area contributed by atoms with Gasteiger partial charge in [-0.3, -0.25) is 0 Å². The van der Waals surface area contributed by atoms with Crippen LogP contribution in [-0.2, 0) is 32.5 Å². The second-order valence-corrected chi connectivity index (χ2v) is 27.3. The van der Waals surface area contributed by atoms with E-state index in [4.69, 9.17) is 9.97 Å². The van der Waals surface area contributed by atoms with E-state index in [9.17, 15) is 5.11 Å². The van der Waals surface area contributed by atoms with Gasteiger partial charge in [0.05, 0.1) is 22.8 Å². The molecule has 382 valence electrons. The Morgan fingerprint density at radius 2 is 0.608 bits per heavy atom. The highest BCUT2D eigenvalue weighted by atomic mass is 16.3. The Morgan fingerprint density at radius 3 is 0.919 bits per heavy atom. The maximum atomic E-state index is 12.7. The topological polar surface area (TPSA) is 77.6 Å². The molecule has 0 aliphatic carbocycles. The van der Waals surface area contributed by atoms with Gasteiger partial charge in [-0.15, -0.1) is 0 Å². The highest BCUT2D eigenvalue weighted by Crippen LogP contribution is 2.44. The van der Waals surface area contributed by atoms with Crippen LogP contribution in [0.15, 0.2) is 109 Å².